The molecule has 25 heavy (non-hydrogen) atoms. The maximum absolute atomic E-state index is 11.1. The molecule has 0 aliphatic heterocycles. The first-order valence-corrected chi connectivity index (χ1v) is 8.33. The van der Waals surface area contributed by atoms with Crippen LogP contribution >= 0.6 is 11.6 Å². The molecule has 6 nitrogen and oxygen atoms in total. The number of aromatic nitrogens is 3. The van der Waals surface area contributed by atoms with Crippen molar-refractivity contribution < 1.29 is 9.26 Å². The Morgan fingerprint density at radius 3 is 2.60 bits per heavy atom. The summed E-state index contributed by atoms with van der Waals surface area (Å²) in [5.41, 5.74) is 1.52. The van der Waals surface area contributed by atoms with Crippen LogP contribution in [0.3, 0.4) is 0 Å². The van der Waals surface area contributed by atoms with Gasteiger partial charge in [-0.25, -0.2) is 9.97 Å². The van der Waals surface area contributed by atoms with Gasteiger partial charge in [0.2, 0.25) is 5.88 Å². The van der Waals surface area contributed by atoms with Crippen LogP contribution in [0.25, 0.3) is 11.5 Å². The third-order valence-electron chi connectivity index (χ3n) is 4.59. The average molecular weight is 358 g/mol. The lowest BCUT2D eigenvalue weighted by Gasteiger charge is -2.45. The van der Waals surface area contributed by atoms with Gasteiger partial charge in [-0.3, -0.25) is 4.79 Å². The molecule has 0 unspecified atom stereocenters. The molecule has 0 bridgehead atoms. The Morgan fingerprint density at radius 1 is 1.24 bits per heavy atom. The van der Waals surface area contributed by atoms with Crippen molar-refractivity contribution in [3.8, 4) is 17.3 Å². The van der Waals surface area contributed by atoms with Gasteiger partial charge in [0, 0.05) is 5.02 Å². The SMILES string of the molecule is CC1(c2ccc(Cl)cc2)CC(Oc2cnc(-c3cc(=O)[nH]o3)cn2)C1. The molecule has 3 aromatic rings. The summed E-state index contributed by atoms with van der Waals surface area (Å²) in [5.74, 6) is 0.813. The van der Waals surface area contributed by atoms with Crippen LogP contribution < -0.4 is 10.3 Å². The number of nitrogens with zero attached hydrogens (tertiary/aromatic N) is 2. The number of H-pyrrole nitrogens is 1. The van der Waals surface area contributed by atoms with E-state index in [4.69, 9.17) is 20.9 Å². The van der Waals surface area contributed by atoms with E-state index in [1.165, 1.54) is 17.8 Å². The third-order valence-corrected chi connectivity index (χ3v) is 4.84. The second-order valence-corrected chi connectivity index (χ2v) is 6.97. The van der Waals surface area contributed by atoms with Crippen LogP contribution in [0.4, 0.5) is 0 Å². The molecule has 1 aliphatic carbocycles. The van der Waals surface area contributed by atoms with Crippen molar-refractivity contribution in [2.24, 2.45) is 0 Å². The molecule has 7 heteroatoms. The summed E-state index contributed by atoms with van der Waals surface area (Å²) in [4.78, 5) is 19.6. The molecule has 1 saturated carbocycles. The van der Waals surface area contributed by atoms with Crippen LogP contribution in [0.2, 0.25) is 5.02 Å². The maximum atomic E-state index is 11.1. The summed E-state index contributed by atoms with van der Waals surface area (Å²) in [6.45, 7) is 2.22. The Labute approximate surface area is 148 Å². The zero-order valence-corrected chi connectivity index (χ0v) is 14.3. The van der Waals surface area contributed by atoms with E-state index in [-0.39, 0.29) is 17.1 Å². The number of rotatable bonds is 4. The zero-order chi connectivity index (χ0) is 17.4. The van der Waals surface area contributed by atoms with Crippen LogP contribution in [-0.4, -0.2) is 21.2 Å². The first-order chi connectivity index (χ1) is 12.0. The molecular formula is C18H16ClN3O3. The molecule has 0 atom stereocenters. The molecule has 0 radical (unpaired) electrons. The van der Waals surface area contributed by atoms with Gasteiger partial charge in [-0.1, -0.05) is 30.7 Å². The van der Waals surface area contributed by atoms with E-state index in [0.717, 1.165) is 17.9 Å². The summed E-state index contributed by atoms with van der Waals surface area (Å²) in [6.07, 6.45) is 4.99. The summed E-state index contributed by atoms with van der Waals surface area (Å²) in [6, 6.07) is 9.30. The minimum atomic E-state index is -0.312. The Hall–Kier alpha value is -2.60. The van der Waals surface area contributed by atoms with Gasteiger partial charge in [-0.2, -0.15) is 5.16 Å². The molecule has 2 aromatic heterocycles. The van der Waals surface area contributed by atoms with Gasteiger partial charge in [0.25, 0.3) is 5.56 Å². The highest BCUT2D eigenvalue weighted by atomic mass is 35.5. The molecule has 4 rings (SSSR count). The average Bonchev–Trinajstić information content (AvgIpc) is 3.01. The largest absolute Gasteiger partial charge is 0.473 e. The minimum absolute atomic E-state index is 0.0944. The fraction of sp³-hybridized carbons (Fsp3) is 0.278. The number of hydrogen-bond donors (Lipinski definition) is 1. The Kier molecular flexibility index (Phi) is 3.84. The molecule has 1 fully saturated rings. The van der Waals surface area contributed by atoms with Crippen molar-refractivity contribution in [3.63, 3.8) is 0 Å². The molecule has 0 amide bonds. The monoisotopic (exact) mass is 357 g/mol. The van der Waals surface area contributed by atoms with E-state index in [0.29, 0.717) is 17.3 Å². The van der Waals surface area contributed by atoms with Gasteiger partial charge < -0.3 is 9.26 Å². The van der Waals surface area contributed by atoms with Crippen LogP contribution in [-0.2, 0) is 5.41 Å². The molecular weight excluding hydrogens is 342 g/mol. The van der Waals surface area contributed by atoms with E-state index in [1.54, 1.807) is 6.20 Å². The number of benzene rings is 1. The van der Waals surface area contributed by atoms with E-state index >= 15 is 0 Å². The highest BCUT2D eigenvalue weighted by Crippen LogP contribution is 2.45. The molecule has 0 saturated heterocycles. The lowest BCUT2D eigenvalue weighted by atomic mass is 9.64. The first-order valence-electron chi connectivity index (χ1n) is 7.95. The highest BCUT2D eigenvalue weighted by molar-refractivity contribution is 6.30. The Morgan fingerprint density at radius 2 is 2.00 bits per heavy atom. The van der Waals surface area contributed by atoms with Crippen LogP contribution in [0, 0.1) is 0 Å². The van der Waals surface area contributed by atoms with Crippen molar-refractivity contribution in [3.05, 3.63) is 63.7 Å². The molecule has 0 spiro atoms. The second-order valence-electron chi connectivity index (χ2n) is 6.53. The number of ether oxygens (including phenoxy) is 1. The summed E-state index contributed by atoms with van der Waals surface area (Å²) in [5, 5.41) is 2.97. The molecule has 1 aromatic carbocycles. The van der Waals surface area contributed by atoms with Gasteiger partial charge >= 0.3 is 0 Å². The maximum Gasteiger partial charge on any atom is 0.280 e. The fourth-order valence-corrected chi connectivity index (χ4v) is 3.33. The highest BCUT2D eigenvalue weighted by Gasteiger charge is 2.43. The van der Waals surface area contributed by atoms with E-state index in [9.17, 15) is 4.79 Å². The van der Waals surface area contributed by atoms with Crippen molar-refractivity contribution in [1.29, 1.82) is 0 Å². The number of nitrogens with one attached hydrogen (secondary N) is 1. The summed E-state index contributed by atoms with van der Waals surface area (Å²) >= 11 is 5.95. The fourth-order valence-electron chi connectivity index (χ4n) is 3.20. The van der Waals surface area contributed by atoms with Crippen molar-refractivity contribution in [1.82, 2.24) is 15.1 Å². The Balaban J connectivity index is 1.39. The van der Waals surface area contributed by atoms with Crippen molar-refractivity contribution in [2.45, 2.75) is 31.3 Å². The van der Waals surface area contributed by atoms with Gasteiger partial charge in [0.15, 0.2) is 5.76 Å². The summed E-state index contributed by atoms with van der Waals surface area (Å²) < 4.78 is 10.9. The van der Waals surface area contributed by atoms with Gasteiger partial charge in [-0.05, 0) is 36.0 Å². The Bertz CT molecular complexity index is 925. The van der Waals surface area contributed by atoms with Gasteiger partial charge in [0.05, 0.1) is 18.5 Å². The van der Waals surface area contributed by atoms with Gasteiger partial charge in [0.1, 0.15) is 11.8 Å². The van der Waals surface area contributed by atoms with Crippen molar-refractivity contribution >= 4 is 11.6 Å². The zero-order valence-electron chi connectivity index (χ0n) is 13.5. The molecule has 2 heterocycles. The topological polar surface area (TPSA) is 81.0 Å². The summed E-state index contributed by atoms with van der Waals surface area (Å²) in [7, 11) is 0. The van der Waals surface area contributed by atoms with Gasteiger partial charge in [-0.15, -0.1) is 0 Å². The number of halogens is 1. The predicted molar refractivity (Wildman–Crippen MR) is 92.8 cm³/mol. The van der Waals surface area contributed by atoms with Crippen LogP contribution in [0.5, 0.6) is 5.88 Å². The molecule has 1 N–H and O–H groups in total. The molecule has 1 aliphatic rings. The third kappa shape index (κ3) is 3.17. The minimum Gasteiger partial charge on any atom is -0.473 e. The normalized spacial score (nSPS) is 22.4. The first kappa shape index (κ1) is 15.9. The standard InChI is InChI=1S/C18H16ClN3O3/c1-18(11-2-4-12(19)5-3-11)7-13(8-18)24-17-10-20-14(9-21-17)15-6-16(23)22-25-15/h2-6,9-10,13H,7-8H2,1H3,(H,22,23). The van der Waals surface area contributed by atoms with Crippen LogP contribution in [0.15, 0.2) is 52.0 Å². The quantitative estimate of drug-likeness (QED) is 0.771. The smallest absolute Gasteiger partial charge is 0.280 e. The van der Waals surface area contributed by atoms with E-state index in [2.05, 4.69) is 34.2 Å². The second kappa shape index (κ2) is 6.04. The number of aromatic amines is 1. The van der Waals surface area contributed by atoms with Crippen LogP contribution in [0.1, 0.15) is 25.3 Å². The van der Waals surface area contributed by atoms with E-state index in [1.807, 2.05) is 12.1 Å². The van der Waals surface area contributed by atoms with Crippen molar-refractivity contribution in [2.75, 3.05) is 0 Å². The number of hydrogen-bond acceptors (Lipinski definition) is 5. The lowest BCUT2D eigenvalue weighted by Crippen LogP contribution is -2.45. The van der Waals surface area contributed by atoms with E-state index < -0.39 is 0 Å². The molecule has 128 valence electrons. The lowest BCUT2D eigenvalue weighted by molar-refractivity contribution is 0.0441. The predicted octanol–water partition coefficient (Wildman–Crippen LogP) is 3.58.